The van der Waals surface area contributed by atoms with Gasteiger partial charge in [0.2, 0.25) is 11.8 Å². The third kappa shape index (κ3) is 9.03. The molecule has 3 aromatic heterocycles. The molecule has 5 heterocycles. The zero-order valence-corrected chi connectivity index (χ0v) is 34.8. The average Bonchev–Trinajstić information content (AvgIpc) is 3.89. The van der Waals surface area contributed by atoms with Crippen LogP contribution in [0.25, 0.3) is 50.4 Å². The van der Waals surface area contributed by atoms with Crippen molar-refractivity contribution in [2.24, 2.45) is 0 Å². The number of carbonyl (C=O) groups is 2. The Morgan fingerprint density at radius 3 is 1.68 bits per heavy atom. The van der Waals surface area contributed by atoms with Gasteiger partial charge in [-0.3, -0.25) is 9.59 Å². The largest absolute Gasteiger partial charge is 0.508 e. The number of phenolic OH excluding ortho intramolecular Hbond substituents is 2. The van der Waals surface area contributed by atoms with Crippen LogP contribution in [0.3, 0.4) is 0 Å². The Labute approximate surface area is 350 Å². The molecule has 2 aliphatic rings. The second-order valence-corrected chi connectivity index (χ2v) is 15.5. The number of allylic oxidation sites excluding steroid dienone is 5. The second kappa shape index (κ2) is 17.9. The molecule has 8 bridgehead atoms. The van der Waals surface area contributed by atoms with E-state index in [0.29, 0.717) is 38.8 Å². The van der Waals surface area contributed by atoms with E-state index in [0.717, 1.165) is 101 Å². The highest BCUT2D eigenvalue weighted by molar-refractivity contribution is 5.98. The van der Waals surface area contributed by atoms with Gasteiger partial charge in [-0.15, -0.1) is 0 Å². The van der Waals surface area contributed by atoms with E-state index in [1.165, 1.54) is 0 Å². The van der Waals surface area contributed by atoms with Crippen molar-refractivity contribution in [1.29, 1.82) is 0 Å². The SMILES string of the molecule is C=CC1=C(C)c2cc3[nH]c(cc4nc(cc5[nH]c(cc1n2)c(C=C)c5C)C(C)=C4CCC(=O)NCCc1ccc(O)cc1)c(CCC(=O)NCCc1ccc(O)cc1)c3C. The first-order valence-corrected chi connectivity index (χ1v) is 20.4. The highest BCUT2D eigenvalue weighted by atomic mass is 16.3. The molecule has 306 valence electrons. The van der Waals surface area contributed by atoms with Crippen molar-refractivity contribution in [3.8, 4) is 11.5 Å². The monoisotopic (exact) mass is 800 g/mol. The van der Waals surface area contributed by atoms with E-state index in [-0.39, 0.29) is 36.2 Å². The normalized spacial score (nSPS) is 12.5. The summed E-state index contributed by atoms with van der Waals surface area (Å²) >= 11 is 0. The van der Waals surface area contributed by atoms with E-state index < -0.39 is 0 Å². The quantitative estimate of drug-likeness (QED) is 0.0658. The van der Waals surface area contributed by atoms with Gasteiger partial charge in [0.05, 0.1) is 22.8 Å². The maximum absolute atomic E-state index is 13.2. The molecule has 0 fully saturated rings. The third-order valence-corrected chi connectivity index (χ3v) is 11.6. The number of fused-ring (bicyclic) bond motifs is 8. The summed E-state index contributed by atoms with van der Waals surface area (Å²) in [5.74, 6) is 0.320. The third-order valence-electron chi connectivity index (χ3n) is 11.6. The van der Waals surface area contributed by atoms with Gasteiger partial charge in [-0.1, -0.05) is 49.6 Å². The van der Waals surface area contributed by atoms with Gasteiger partial charge in [0.15, 0.2) is 0 Å². The number of aromatic hydroxyl groups is 2. The molecule has 0 spiro atoms. The summed E-state index contributed by atoms with van der Waals surface area (Å²) in [7, 11) is 0. The van der Waals surface area contributed by atoms with Crippen LogP contribution in [-0.2, 0) is 28.9 Å². The first kappa shape index (κ1) is 41.2. The summed E-state index contributed by atoms with van der Waals surface area (Å²) in [6, 6.07) is 22.2. The molecule has 0 atom stereocenters. The summed E-state index contributed by atoms with van der Waals surface area (Å²) in [6.45, 7) is 17.5. The van der Waals surface area contributed by atoms with Gasteiger partial charge in [0, 0.05) is 59.1 Å². The van der Waals surface area contributed by atoms with E-state index in [2.05, 4.69) is 79.7 Å². The Bertz CT molecular complexity index is 2730. The number of nitrogens with one attached hydrogen (secondary N) is 4. The highest BCUT2D eigenvalue weighted by Gasteiger charge is 2.21. The number of aryl methyl sites for hydroxylation is 3. The average molecular weight is 801 g/mol. The van der Waals surface area contributed by atoms with Crippen LogP contribution in [0.15, 0.2) is 92.0 Å². The van der Waals surface area contributed by atoms with Crippen molar-refractivity contribution in [2.75, 3.05) is 13.1 Å². The van der Waals surface area contributed by atoms with E-state index in [1.54, 1.807) is 24.3 Å². The molecule has 0 aliphatic carbocycles. The fourth-order valence-electron chi connectivity index (χ4n) is 7.98. The van der Waals surface area contributed by atoms with Crippen LogP contribution in [-0.4, -0.2) is 55.1 Å². The van der Waals surface area contributed by atoms with E-state index in [9.17, 15) is 19.8 Å². The van der Waals surface area contributed by atoms with Crippen LogP contribution in [0, 0.1) is 13.8 Å². The number of benzene rings is 2. The van der Waals surface area contributed by atoms with E-state index >= 15 is 0 Å². The summed E-state index contributed by atoms with van der Waals surface area (Å²) in [6.07, 6.45) is 6.54. The number of hydrogen-bond acceptors (Lipinski definition) is 6. The molecule has 6 N–H and O–H groups in total. The fourth-order valence-corrected chi connectivity index (χ4v) is 7.98. The zero-order chi connectivity index (χ0) is 42.5. The maximum Gasteiger partial charge on any atom is 0.220 e. The number of hydrogen-bond donors (Lipinski definition) is 6. The minimum Gasteiger partial charge on any atom is -0.508 e. The minimum absolute atomic E-state index is 0.0516. The molecule has 10 nitrogen and oxygen atoms in total. The van der Waals surface area contributed by atoms with Crippen LogP contribution in [0.5, 0.6) is 11.5 Å². The summed E-state index contributed by atoms with van der Waals surface area (Å²) in [4.78, 5) is 44.1. The Morgan fingerprint density at radius 2 is 1.10 bits per heavy atom. The molecule has 0 unspecified atom stereocenters. The Balaban J connectivity index is 1.27. The van der Waals surface area contributed by atoms with Crippen molar-refractivity contribution >= 4 is 62.2 Å². The van der Waals surface area contributed by atoms with Gasteiger partial charge >= 0.3 is 0 Å². The van der Waals surface area contributed by atoms with Crippen LogP contribution in [0.1, 0.15) is 89.3 Å². The van der Waals surface area contributed by atoms with Crippen molar-refractivity contribution in [1.82, 2.24) is 30.6 Å². The number of amides is 2. The molecule has 10 heteroatoms. The predicted molar refractivity (Wildman–Crippen MR) is 243 cm³/mol. The molecule has 2 aliphatic heterocycles. The van der Waals surface area contributed by atoms with Crippen molar-refractivity contribution in [2.45, 2.75) is 66.2 Å². The summed E-state index contributed by atoms with van der Waals surface area (Å²) in [5.41, 5.74) is 16.7. The van der Waals surface area contributed by atoms with Crippen molar-refractivity contribution in [3.05, 3.63) is 148 Å². The second-order valence-electron chi connectivity index (χ2n) is 15.5. The number of rotatable bonds is 14. The van der Waals surface area contributed by atoms with E-state index in [4.69, 9.17) is 9.97 Å². The standard InChI is InChI=1S/C50H52N6O4/c1-7-37-29(3)41-25-43-31(5)39(17-19-49(59)51-23-21-33-9-13-35(57)14-10-33)47(55-43)28-48-40(18-20-50(60)52-24-22-34-11-15-36(58)16-12-34)32(6)44(56-48)26-42-30(4)38(8-2)46(54-42)27-45(37)53-41/h7-16,25-28,53,56-58H,1-2,17-24H2,3-6H3,(H,51,59)(H,52,60). The van der Waals surface area contributed by atoms with Crippen LogP contribution in [0.2, 0.25) is 0 Å². The smallest absolute Gasteiger partial charge is 0.220 e. The lowest BCUT2D eigenvalue weighted by Gasteiger charge is -2.08. The van der Waals surface area contributed by atoms with Gasteiger partial charge in [0.1, 0.15) is 11.5 Å². The number of phenols is 2. The van der Waals surface area contributed by atoms with E-state index in [1.807, 2.05) is 42.5 Å². The molecule has 5 aromatic rings. The van der Waals surface area contributed by atoms with Gasteiger partial charge in [0.25, 0.3) is 0 Å². The van der Waals surface area contributed by atoms with Crippen molar-refractivity contribution < 1.29 is 19.8 Å². The van der Waals surface area contributed by atoms with Crippen LogP contribution >= 0.6 is 0 Å². The lowest BCUT2D eigenvalue weighted by Crippen LogP contribution is -2.25. The van der Waals surface area contributed by atoms with Crippen LogP contribution < -0.4 is 10.6 Å². The van der Waals surface area contributed by atoms with Gasteiger partial charge < -0.3 is 30.8 Å². The summed E-state index contributed by atoms with van der Waals surface area (Å²) < 4.78 is 0. The Kier molecular flexibility index (Phi) is 12.3. The van der Waals surface area contributed by atoms with Crippen molar-refractivity contribution in [3.63, 3.8) is 0 Å². The Morgan fingerprint density at radius 1 is 0.600 bits per heavy atom. The predicted octanol–water partition coefficient (Wildman–Crippen LogP) is 9.46. The number of aromatic amines is 2. The number of nitrogens with zero attached hydrogens (tertiary/aromatic N) is 2. The molecular weight excluding hydrogens is 749 g/mol. The summed E-state index contributed by atoms with van der Waals surface area (Å²) in [5, 5.41) is 25.4. The van der Waals surface area contributed by atoms with Gasteiger partial charge in [-0.05, 0) is 146 Å². The number of H-pyrrole nitrogens is 2. The number of carbonyl (C=O) groups excluding carboxylic acids is 2. The van der Waals surface area contributed by atoms with Crippen LogP contribution in [0.4, 0.5) is 0 Å². The molecule has 7 rings (SSSR count). The molecule has 60 heavy (non-hydrogen) atoms. The molecule has 0 radical (unpaired) electrons. The molecular formula is C50H52N6O4. The Hall–Kier alpha value is -6.94. The molecule has 0 saturated heterocycles. The van der Waals surface area contributed by atoms with Gasteiger partial charge in [-0.25, -0.2) is 9.97 Å². The fraction of sp³-hybridized carbons (Fsp3) is 0.240. The molecule has 0 saturated carbocycles. The zero-order valence-electron chi connectivity index (χ0n) is 34.8. The lowest BCUT2D eigenvalue weighted by molar-refractivity contribution is -0.121. The minimum atomic E-state index is -0.0550. The topological polar surface area (TPSA) is 156 Å². The number of aromatic nitrogens is 4. The molecule has 2 aromatic carbocycles. The first-order chi connectivity index (χ1) is 28.9. The highest BCUT2D eigenvalue weighted by Crippen LogP contribution is 2.36. The first-order valence-electron chi connectivity index (χ1n) is 20.4. The molecule has 2 amide bonds. The maximum atomic E-state index is 13.2. The lowest BCUT2D eigenvalue weighted by atomic mass is 10.00. The van der Waals surface area contributed by atoms with Gasteiger partial charge in [-0.2, -0.15) is 0 Å².